The van der Waals surface area contributed by atoms with E-state index in [2.05, 4.69) is 6.92 Å². The van der Waals surface area contributed by atoms with Gasteiger partial charge in [-0.1, -0.05) is 26.3 Å². The summed E-state index contributed by atoms with van der Waals surface area (Å²) in [4.78, 5) is 12.4. The van der Waals surface area contributed by atoms with Gasteiger partial charge in [-0.2, -0.15) is 0 Å². The fourth-order valence-electron chi connectivity index (χ4n) is 4.35. The molecular weight excluding hydrogens is 228 g/mol. The molecule has 0 saturated heterocycles. The van der Waals surface area contributed by atoms with E-state index in [0.717, 1.165) is 12.0 Å². The summed E-state index contributed by atoms with van der Waals surface area (Å²) >= 11 is 0. The molecule has 4 atom stereocenters. The molecule has 102 valence electrons. The Kier molecular flexibility index (Phi) is 3.19. The fraction of sp³-hybridized carbons (Fsp3) is 0.800. The van der Waals surface area contributed by atoms with Gasteiger partial charge in [0.1, 0.15) is 0 Å². The lowest BCUT2D eigenvalue weighted by atomic mass is 9.47. The van der Waals surface area contributed by atoms with Crippen molar-refractivity contribution >= 4 is 5.78 Å². The SMILES string of the molecule is CC1=CC(=O)[C@H]2C(C)(C)[C@H](O)CC[C@@]2(C)[C@@H]1CO. The minimum absolute atomic E-state index is 0.0342. The maximum atomic E-state index is 12.4. The Morgan fingerprint density at radius 3 is 2.56 bits per heavy atom. The number of aliphatic hydroxyl groups is 2. The lowest BCUT2D eigenvalue weighted by Gasteiger charge is -2.56. The number of ketones is 1. The van der Waals surface area contributed by atoms with Crippen LogP contribution in [0.2, 0.25) is 0 Å². The molecule has 0 aliphatic heterocycles. The molecule has 0 radical (unpaired) electrons. The number of aliphatic hydroxyl groups excluding tert-OH is 2. The summed E-state index contributed by atoms with van der Waals surface area (Å²) in [5, 5.41) is 19.9. The standard InChI is InChI=1S/C15H24O3/c1-9-7-11(17)13-14(2,3)12(18)5-6-15(13,4)10(9)8-16/h7,10,12-13,16,18H,5-6,8H2,1-4H3/t10-,12-,13+,15+/m1/s1. The Labute approximate surface area is 109 Å². The van der Waals surface area contributed by atoms with Gasteiger partial charge in [-0.05, 0) is 31.3 Å². The van der Waals surface area contributed by atoms with E-state index in [1.54, 1.807) is 6.08 Å². The van der Waals surface area contributed by atoms with Crippen LogP contribution < -0.4 is 0 Å². The summed E-state index contributed by atoms with van der Waals surface area (Å²) in [6.45, 7) is 8.05. The van der Waals surface area contributed by atoms with Crippen molar-refractivity contribution < 1.29 is 15.0 Å². The zero-order valence-electron chi connectivity index (χ0n) is 11.7. The van der Waals surface area contributed by atoms with Crippen LogP contribution in [0.25, 0.3) is 0 Å². The van der Waals surface area contributed by atoms with Gasteiger partial charge in [-0.15, -0.1) is 0 Å². The summed E-state index contributed by atoms with van der Waals surface area (Å²) in [5.74, 6) is -0.0509. The van der Waals surface area contributed by atoms with Gasteiger partial charge in [0, 0.05) is 17.3 Å². The van der Waals surface area contributed by atoms with Crippen LogP contribution in [0.15, 0.2) is 11.6 Å². The second-order valence-corrected chi connectivity index (χ2v) is 6.84. The molecule has 3 nitrogen and oxygen atoms in total. The molecule has 2 N–H and O–H groups in total. The van der Waals surface area contributed by atoms with E-state index in [1.165, 1.54) is 0 Å². The van der Waals surface area contributed by atoms with Gasteiger partial charge in [0.05, 0.1) is 12.7 Å². The van der Waals surface area contributed by atoms with Crippen molar-refractivity contribution in [2.45, 2.75) is 46.6 Å². The predicted molar refractivity (Wildman–Crippen MR) is 70.0 cm³/mol. The maximum absolute atomic E-state index is 12.4. The minimum Gasteiger partial charge on any atom is -0.396 e. The van der Waals surface area contributed by atoms with E-state index in [9.17, 15) is 15.0 Å². The molecule has 2 aliphatic carbocycles. The molecule has 18 heavy (non-hydrogen) atoms. The van der Waals surface area contributed by atoms with E-state index in [-0.39, 0.29) is 29.6 Å². The third-order valence-electron chi connectivity index (χ3n) is 5.40. The summed E-state index contributed by atoms with van der Waals surface area (Å²) < 4.78 is 0. The summed E-state index contributed by atoms with van der Waals surface area (Å²) in [6, 6.07) is 0. The average molecular weight is 252 g/mol. The average Bonchev–Trinajstić information content (AvgIpc) is 2.23. The Hall–Kier alpha value is -0.670. The summed E-state index contributed by atoms with van der Waals surface area (Å²) in [5.41, 5.74) is 0.329. The molecule has 0 aromatic heterocycles. The monoisotopic (exact) mass is 252 g/mol. The van der Waals surface area contributed by atoms with Crippen molar-refractivity contribution in [1.82, 2.24) is 0 Å². The van der Waals surface area contributed by atoms with Crippen LogP contribution >= 0.6 is 0 Å². The van der Waals surface area contributed by atoms with Crippen LogP contribution in [-0.4, -0.2) is 28.7 Å². The van der Waals surface area contributed by atoms with Crippen LogP contribution in [0.5, 0.6) is 0 Å². The number of fused-ring (bicyclic) bond motifs is 1. The lowest BCUT2D eigenvalue weighted by Crippen LogP contribution is -2.57. The maximum Gasteiger partial charge on any atom is 0.159 e. The topological polar surface area (TPSA) is 57.5 Å². The molecule has 2 aliphatic rings. The van der Waals surface area contributed by atoms with E-state index in [4.69, 9.17) is 0 Å². The highest BCUT2D eigenvalue weighted by atomic mass is 16.3. The highest BCUT2D eigenvalue weighted by molar-refractivity contribution is 5.95. The first-order valence-corrected chi connectivity index (χ1v) is 6.76. The van der Waals surface area contributed by atoms with Crippen molar-refractivity contribution in [3.63, 3.8) is 0 Å². The second-order valence-electron chi connectivity index (χ2n) is 6.84. The quantitative estimate of drug-likeness (QED) is 0.749. The molecule has 1 fully saturated rings. The Bertz CT molecular complexity index is 397. The smallest absolute Gasteiger partial charge is 0.159 e. The van der Waals surface area contributed by atoms with Crippen molar-refractivity contribution in [2.75, 3.05) is 6.61 Å². The van der Waals surface area contributed by atoms with Gasteiger partial charge < -0.3 is 10.2 Å². The first-order valence-electron chi connectivity index (χ1n) is 6.76. The van der Waals surface area contributed by atoms with Gasteiger partial charge in [-0.25, -0.2) is 0 Å². The molecule has 0 bridgehead atoms. The van der Waals surface area contributed by atoms with E-state index in [0.29, 0.717) is 6.42 Å². The predicted octanol–water partition coefficient (Wildman–Crippen LogP) is 1.93. The number of allylic oxidation sites excluding steroid dienone is 1. The molecule has 0 spiro atoms. The fourth-order valence-corrected chi connectivity index (χ4v) is 4.35. The first-order chi connectivity index (χ1) is 8.25. The van der Waals surface area contributed by atoms with Crippen LogP contribution in [0.4, 0.5) is 0 Å². The normalized spacial score (nSPS) is 43.3. The van der Waals surface area contributed by atoms with Gasteiger partial charge >= 0.3 is 0 Å². The minimum atomic E-state index is -0.439. The van der Waals surface area contributed by atoms with Gasteiger partial charge in [0.25, 0.3) is 0 Å². The molecule has 3 heteroatoms. The highest BCUT2D eigenvalue weighted by Gasteiger charge is 2.58. The van der Waals surface area contributed by atoms with Gasteiger partial charge in [0.2, 0.25) is 0 Å². The third-order valence-corrected chi connectivity index (χ3v) is 5.40. The third kappa shape index (κ3) is 1.68. The van der Waals surface area contributed by atoms with Gasteiger partial charge in [-0.3, -0.25) is 4.79 Å². The number of carbonyl (C=O) groups excluding carboxylic acids is 1. The number of hydrogen-bond acceptors (Lipinski definition) is 3. The zero-order chi connectivity index (χ0) is 13.7. The first kappa shape index (κ1) is 13.8. The van der Waals surface area contributed by atoms with Crippen molar-refractivity contribution in [2.24, 2.45) is 22.7 Å². The summed E-state index contributed by atoms with van der Waals surface area (Å²) in [7, 11) is 0. The lowest BCUT2D eigenvalue weighted by molar-refractivity contribution is -0.153. The molecule has 0 unspecified atom stereocenters. The van der Waals surface area contributed by atoms with Crippen LogP contribution in [0, 0.1) is 22.7 Å². The largest absolute Gasteiger partial charge is 0.396 e. The molecular formula is C15H24O3. The molecule has 0 heterocycles. The van der Waals surface area contributed by atoms with E-state index in [1.807, 2.05) is 20.8 Å². The summed E-state index contributed by atoms with van der Waals surface area (Å²) in [6.07, 6.45) is 2.74. The van der Waals surface area contributed by atoms with Crippen LogP contribution in [-0.2, 0) is 4.79 Å². The Morgan fingerprint density at radius 2 is 2.00 bits per heavy atom. The van der Waals surface area contributed by atoms with Crippen molar-refractivity contribution in [3.05, 3.63) is 11.6 Å². The molecule has 0 aromatic rings. The Balaban J connectivity index is 2.53. The zero-order valence-corrected chi connectivity index (χ0v) is 11.7. The van der Waals surface area contributed by atoms with Crippen molar-refractivity contribution in [3.8, 4) is 0 Å². The van der Waals surface area contributed by atoms with Gasteiger partial charge in [0.15, 0.2) is 5.78 Å². The van der Waals surface area contributed by atoms with E-state index < -0.39 is 11.5 Å². The number of rotatable bonds is 1. The highest BCUT2D eigenvalue weighted by Crippen LogP contribution is 2.58. The number of hydrogen-bond donors (Lipinski definition) is 2. The Morgan fingerprint density at radius 1 is 1.39 bits per heavy atom. The van der Waals surface area contributed by atoms with Crippen molar-refractivity contribution in [1.29, 1.82) is 0 Å². The molecule has 0 aromatic carbocycles. The number of carbonyl (C=O) groups is 1. The van der Waals surface area contributed by atoms with Crippen LogP contribution in [0.1, 0.15) is 40.5 Å². The van der Waals surface area contributed by atoms with Crippen LogP contribution in [0.3, 0.4) is 0 Å². The van der Waals surface area contributed by atoms with E-state index >= 15 is 0 Å². The second kappa shape index (κ2) is 4.17. The molecule has 1 saturated carbocycles. The molecule has 2 rings (SSSR count). The molecule has 0 amide bonds.